The van der Waals surface area contributed by atoms with Gasteiger partial charge in [-0.15, -0.1) is 0 Å². The zero-order valence-electron chi connectivity index (χ0n) is 8.20. The fourth-order valence-electron chi connectivity index (χ4n) is 1.12. The molecular formula is C11H14ClF. The molecule has 1 aromatic rings. The second kappa shape index (κ2) is 3.67. The first-order valence-electron chi connectivity index (χ1n) is 4.43. The van der Waals surface area contributed by atoms with Crippen molar-refractivity contribution in [1.29, 1.82) is 0 Å². The van der Waals surface area contributed by atoms with Gasteiger partial charge in [0.1, 0.15) is 5.82 Å². The standard InChI is InChI=1S/C11H14ClF/c1-4-11(2,3)8-5-6-10(13)9(12)7-8/h5-7H,4H2,1-3H3. The zero-order valence-corrected chi connectivity index (χ0v) is 8.95. The molecule has 1 aromatic carbocycles. The minimum atomic E-state index is -0.350. The minimum Gasteiger partial charge on any atom is -0.205 e. The predicted molar refractivity (Wildman–Crippen MR) is 54.7 cm³/mol. The van der Waals surface area contributed by atoms with Crippen LogP contribution in [0.2, 0.25) is 5.02 Å². The molecule has 0 saturated carbocycles. The number of hydrogen-bond acceptors (Lipinski definition) is 0. The molecule has 0 radical (unpaired) electrons. The fraction of sp³-hybridized carbons (Fsp3) is 0.455. The van der Waals surface area contributed by atoms with Gasteiger partial charge in [0.2, 0.25) is 0 Å². The minimum absolute atomic E-state index is 0.0668. The topological polar surface area (TPSA) is 0 Å². The van der Waals surface area contributed by atoms with E-state index in [0.717, 1.165) is 12.0 Å². The monoisotopic (exact) mass is 200 g/mol. The average Bonchev–Trinajstić information content (AvgIpc) is 2.09. The lowest BCUT2D eigenvalue weighted by molar-refractivity contribution is 0.504. The summed E-state index contributed by atoms with van der Waals surface area (Å²) in [4.78, 5) is 0. The van der Waals surface area contributed by atoms with E-state index in [2.05, 4.69) is 20.8 Å². The molecule has 0 amide bonds. The second-order valence-electron chi connectivity index (χ2n) is 3.87. The number of halogens is 2. The summed E-state index contributed by atoms with van der Waals surface area (Å²) in [6.07, 6.45) is 1.01. The van der Waals surface area contributed by atoms with Crippen LogP contribution in [0.15, 0.2) is 18.2 Å². The van der Waals surface area contributed by atoms with Crippen LogP contribution in [0.25, 0.3) is 0 Å². The van der Waals surface area contributed by atoms with Crippen LogP contribution in [-0.4, -0.2) is 0 Å². The van der Waals surface area contributed by atoms with Crippen molar-refractivity contribution in [2.24, 2.45) is 0 Å². The Balaban J connectivity index is 3.10. The SMILES string of the molecule is CCC(C)(C)c1ccc(F)c(Cl)c1. The lowest BCUT2D eigenvalue weighted by Gasteiger charge is -2.23. The van der Waals surface area contributed by atoms with Crippen LogP contribution in [0.1, 0.15) is 32.8 Å². The summed E-state index contributed by atoms with van der Waals surface area (Å²) in [5.74, 6) is -0.350. The normalized spacial score (nSPS) is 11.8. The van der Waals surface area contributed by atoms with Crippen molar-refractivity contribution in [2.45, 2.75) is 32.6 Å². The molecular weight excluding hydrogens is 187 g/mol. The van der Waals surface area contributed by atoms with E-state index < -0.39 is 0 Å². The number of hydrogen-bond donors (Lipinski definition) is 0. The maximum atomic E-state index is 12.9. The van der Waals surface area contributed by atoms with Gasteiger partial charge in [0.05, 0.1) is 5.02 Å². The van der Waals surface area contributed by atoms with E-state index >= 15 is 0 Å². The molecule has 0 fully saturated rings. The molecule has 0 N–H and O–H groups in total. The summed E-state index contributed by atoms with van der Waals surface area (Å²) in [6.45, 7) is 6.35. The molecule has 13 heavy (non-hydrogen) atoms. The molecule has 0 unspecified atom stereocenters. The lowest BCUT2D eigenvalue weighted by atomic mass is 9.82. The summed E-state index contributed by atoms with van der Waals surface area (Å²) in [6, 6.07) is 4.93. The highest BCUT2D eigenvalue weighted by molar-refractivity contribution is 6.30. The summed E-state index contributed by atoms with van der Waals surface area (Å²) in [7, 11) is 0. The molecule has 0 aliphatic carbocycles. The smallest absolute Gasteiger partial charge is 0.141 e. The maximum absolute atomic E-state index is 12.9. The molecule has 0 aromatic heterocycles. The average molecular weight is 201 g/mol. The molecule has 2 heteroatoms. The van der Waals surface area contributed by atoms with Crippen LogP contribution in [0, 0.1) is 5.82 Å². The summed E-state index contributed by atoms with van der Waals surface area (Å²) in [5.41, 5.74) is 1.15. The van der Waals surface area contributed by atoms with E-state index in [0.29, 0.717) is 0 Å². The van der Waals surface area contributed by atoms with Gasteiger partial charge < -0.3 is 0 Å². The van der Waals surface area contributed by atoms with Gasteiger partial charge in [-0.2, -0.15) is 0 Å². The van der Waals surface area contributed by atoms with Crippen LogP contribution in [0.4, 0.5) is 4.39 Å². The van der Waals surface area contributed by atoms with Crippen LogP contribution in [0.5, 0.6) is 0 Å². The van der Waals surface area contributed by atoms with Crippen molar-refractivity contribution in [3.8, 4) is 0 Å². The summed E-state index contributed by atoms with van der Waals surface area (Å²) < 4.78 is 12.9. The third-order valence-corrected chi connectivity index (χ3v) is 2.87. The van der Waals surface area contributed by atoms with E-state index in [9.17, 15) is 4.39 Å². The van der Waals surface area contributed by atoms with E-state index in [1.54, 1.807) is 12.1 Å². The largest absolute Gasteiger partial charge is 0.205 e. The lowest BCUT2D eigenvalue weighted by Crippen LogP contribution is -2.15. The van der Waals surface area contributed by atoms with E-state index in [4.69, 9.17) is 11.6 Å². The van der Waals surface area contributed by atoms with Crippen LogP contribution < -0.4 is 0 Å². The van der Waals surface area contributed by atoms with Crippen molar-refractivity contribution in [2.75, 3.05) is 0 Å². The third kappa shape index (κ3) is 2.22. The van der Waals surface area contributed by atoms with Crippen molar-refractivity contribution in [3.05, 3.63) is 34.6 Å². The predicted octanol–water partition coefficient (Wildman–Crippen LogP) is 4.17. The second-order valence-corrected chi connectivity index (χ2v) is 4.27. The van der Waals surface area contributed by atoms with E-state index in [-0.39, 0.29) is 16.3 Å². The van der Waals surface area contributed by atoms with Gasteiger partial charge >= 0.3 is 0 Å². The molecule has 0 aliphatic heterocycles. The molecule has 0 nitrogen and oxygen atoms in total. The Bertz CT molecular complexity index is 305. The highest BCUT2D eigenvalue weighted by Crippen LogP contribution is 2.29. The molecule has 0 bridgehead atoms. The van der Waals surface area contributed by atoms with E-state index in [1.807, 2.05) is 0 Å². The van der Waals surface area contributed by atoms with Crippen molar-refractivity contribution in [3.63, 3.8) is 0 Å². The van der Waals surface area contributed by atoms with Gasteiger partial charge in [-0.1, -0.05) is 38.4 Å². The van der Waals surface area contributed by atoms with Crippen molar-refractivity contribution >= 4 is 11.6 Å². The van der Waals surface area contributed by atoms with Gasteiger partial charge in [-0.05, 0) is 29.5 Å². The zero-order chi connectivity index (χ0) is 10.1. The Kier molecular flexibility index (Phi) is 2.97. The molecule has 0 aliphatic rings. The Morgan fingerprint density at radius 1 is 1.38 bits per heavy atom. The Labute approximate surface area is 83.7 Å². The van der Waals surface area contributed by atoms with Gasteiger partial charge in [0.15, 0.2) is 0 Å². The Morgan fingerprint density at radius 2 is 2.00 bits per heavy atom. The summed E-state index contributed by atoms with van der Waals surface area (Å²) >= 11 is 5.70. The Hall–Kier alpha value is -0.560. The molecule has 0 atom stereocenters. The third-order valence-electron chi connectivity index (χ3n) is 2.58. The first-order valence-corrected chi connectivity index (χ1v) is 4.80. The van der Waals surface area contributed by atoms with Crippen LogP contribution >= 0.6 is 11.6 Å². The van der Waals surface area contributed by atoms with Crippen LogP contribution in [-0.2, 0) is 5.41 Å². The van der Waals surface area contributed by atoms with Crippen LogP contribution in [0.3, 0.4) is 0 Å². The van der Waals surface area contributed by atoms with Gasteiger partial charge in [-0.3, -0.25) is 0 Å². The van der Waals surface area contributed by atoms with E-state index in [1.165, 1.54) is 6.07 Å². The quantitative estimate of drug-likeness (QED) is 0.672. The Morgan fingerprint density at radius 3 is 2.46 bits per heavy atom. The summed E-state index contributed by atoms with van der Waals surface area (Å²) in [5, 5.41) is 0.207. The number of rotatable bonds is 2. The highest BCUT2D eigenvalue weighted by atomic mass is 35.5. The van der Waals surface area contributed by atoms with Crippen molar-refractivity contribution in [1.82, 2.24) is 0 Å². The fourth-order valence-corrected chi connectivity index (χ4v) is 1.30. The molecule has 0 saturated heterocycles. The molecule has 72 valence electrons. The maximum Gasteiger partial charge on any atom is 0.141 e. The molecule has 0 heterocycles. The molecule has 1 rings (SSSR count). The number of benzene rings is 1. The highest BCUT2D eigenvalue weighted by Gasteiger charge is 2.18. The van der Waals surface area contributed by atoms with Gasteiger partial charge in [0, 0.05) is 0 Å². The van der Waals surface area contributed by atoms with Crippen molar-refractivity contribution < 1.29 is 4.39 Å². The first kappa shape index (κ1) is 10.5. The van der Waals surface area contributed by atoms with Gasteiger partial charge in [0.25, 0.3) is 0 Å². The van der Waals surface area contributed by atoms with Gasteiger partial charge in [-0.25, -0.2) is 4.39 Å². The molecule has 0 spiro atoms. The first-order chi connectivity index (χ1) is 5.97.